The van der Waals surface area contributed by atoms with Gasteiger partial charge in [-0.25, -0.2) is 4.39 Å². The number of hydrogen-bond acceptors (Lipinski definition) is 2. The maximum absolute atomic E-state index is 13.1. The molecule has 0 bridgehead atoms. The van der Waals surface area contributed by atoms with Crippen molar-refractivity contribution in [3.63, 3.8) is 0 Å². The Balaban J connectivity index is 2.21. The molecular weight excluding hydrogens is 243 g/mol. The number of carbonyl (C=O) groups is 1. The number of hydrogen-bond donors (Lipinski definition) is 0. The highest BCUT2D eigenvalue weighted by Crippen LogP contribution is 2.21. The van der Waals surface area contributed by atoms with Crippen LogP contribution in [0, 0.1) is 12.7 Å². The monoisotopic (exact) mass is 264 g/mol. The number of amides is 1. The van der Waals surface area contributed by atoms with Gasteiger partial charge >= 0.3 is 0 Å². The molecule has 1 saturated heterocycles. The lowest BCUT2D eigenvalue weighted by Gasteiger charge is -2.45. The van der Waals surface area contributed by atoms with Crippen LogP contribution >= 0.6 is 0 Å². The highest BCUT2D eigenvalue weighted by Gasteiger charge is 2.33. The number of piperazine rings is 1. The molecule has 0 aromatic heterocycles. The van der Waals surface area contributed by atoms with E-state index in [1.165, 1.54) is 12.1 Å². The second-order valence-electron chi connectivity index (χ2n) is 5.92. The highest BCUT2D eigenvalue weighted by atomic mass is 19.1. The number of rotatable bonds is 1. The quantitative estimate of drug-likeness (QED) is 0.777. The number of nitrogens with zero attached hydrogens (tertiary/aromatic N) is 2. The fourth-order valence-electron chi connectivity index (χ4n) is 2.45. The third kappa shape index (κ3) is 2.78. The van der Waals surface area contributed by atoms with Crippen LogP contribution in [0.25, 0.3) is 0 Å². The van der Waals surface area contributed by atoms with Gasteiger partial charge in [0.2, 0.25) is 0 Å². The SMILES string of the molecule is Cc1cc(F)ccc1C(=O)N1CCN(C)C(C)(C)C1. The molecule has 1 aromatic carbocycles. The van der Waals surface area contributed by atoms with E-state index in [2.05, 4.69) is 25.8 Å². The van der Waals surface area contributed by atoms with E-state index >= 15 is 0 Å². The summed E-state index contributed by atoms with van der Waals surface area (Å²) in [4.78, 5) is 16.6. The summed E-state index contributed by atoms with van der Waals surface area (Å²) in [6.07, 6.45) is 0. The predicted octanol–water partition coefficient (Wildman–Crippen LogP) is 2.30. The Kier molecular flexibility index (Phi) is 3.63. The maximum Gasteiger partial charge on any atom is 0.254 e. The number of likely N-dealkylation sites (N-methyl/N-ethyl adjacent to an activating group) is 1. The Morgan fingerprint density at radius 2 is 2.00 bits per heavy atom. The molecule has 0 spiro atoms. The van der Waals surface area contributed by atoms with Crippen LogP contribution in [0.3, 0.4) is 0 Å². The van der Waals surface area contributed by atoms with Gasteiger partial charge in [0.15, 0.2) is 0 Å². The first-order valence-electron chi connectivity index (χ1n) is 6.58. The summed E-state index contributed by atoms with van der Waals surface area (Å²) < 4.78 is 13.1. The molecule has 1 heterocycles. The summed E-state index contributed by atoms with van der Waals surface area (Å²) in [5.74, 6) is -0.300. The molecule has 2 rings (SSSR count). The first-order valence-corrected chi connectivity index (χ1v) is 6.58. The molecule has 19 heavy (non-hydrogen) atoms. The van der Waals surface area contributed by atoms with Crippen LogP contribution in [0.5, 0.6) is 0 Å². The second kappa shape index (κ2) is 4.93. The minimum absolute atomic E-state index is 0.00123. The third-order valence-corrected chi connectivity index (χ3v) is 4.02. The minimum Gasteiger partial charge on any atom is -0.336 e. The van der Waals surface area contributed by atoms with Crippen molar-refractivity contribution in [1.82, 2.24) is 9.80 Å². The molecule has 1 fully saturated rings. The van der Waals surface area contributed by atoms with Crippen molar-refractivity contribution in [2.75, 3.05) is 26.7 Å². The summed E-state index contributed by atoms with van der Waals surface area (Å²) in [7, 11) is 2.07. The predicted molar refractivity (Wildman–Crippen MR) is 73.7 cm³/mol. The molecule has 0 radical (unpaired) electrons. The van der Waals surface area contributed by atoms with E-state index in [4.69, 9.17) is 0 Å². The van der Waals surface area contributed by atoms with Gasteiger partial charge in [-0.3, -0.25) is 9.69 Å². The van der Waals surface area contributed by atoms with Crippen molar-refractivity contribution < 1.29 is 9.18 Å². The molecule has 0 atom stereocenters. The Hall–Kier alpha value is -1.42. The lowest BCUT2D eigenvalue weighted by Crippen LogP contribution is -2.58. The van der Waals surface area contributed by atoms with Gasteiger partial charge in [0.05, 0.1) is 0 Å². The van der Waals surface area contributed by atoms with Crippen molar-refractivity contribution in [2.24, 2.45) is 0 Å². The van der Waals surface area contributed by atoms with Crippen molar-refractivity contribution in [3.05, 3.63) is 35.1 Å². The second-order valence-corrected chi connectivity index (χ2v) is 5.92. The Morgan fingerprint density at radius 1 is 1.32 bits per heavy atom. The van der Waals surface area contributed by atoms with E-state index in [-0.39, 0.29) is 17.3 Å². The smallest absolute Gasteiger partial charge is 0.254 e. The molecule has 1 aromatic rings. The average Bonchev–Trinajstić information content (AvgIpc) is 2.32. The van der Waals surface area contributed by atoms with Gasteiger partial charge in [-0.1, -0.05) is 0 Å². The zero-order valence-corrected chi connectivity index (χ0v) is 12.0. The van der Waals surface area contributed by atoms with E-state index in [1.54, 1.807) is 13.0 Å². The normalized spacial score (nSPS) is 19.5. The highest BCUT2D eigenvalue weighted by molar-refractivity contribution is 5.95. The van der Waals surface area contributed by atoms with Crippen LogP contribution in [0.4, 0.5) is 4.39 Å². The van der Waals surface area contributed by atoms with E-state index in [0.717, 1.165) is 13.1 Å². The Labute approximate surface area is 114 Å². The van der Waals surface area contributed by atoms with Gasteiger partial charge in [0.25, 0.3) is 5.91 Å². The van der Waals surface area contributed by atoms with Crippen LogP contribution in [-0.4, -0.2) is 47.9 Å². The van der Waals surface area contributed by atoms with Crippen LogP contribution in [0.1, 0.15) is 29.8 Å². The molecule has 1 aliphatic heterocycles. The topological polar surface area (TPSA) is 23.6 Å². The lowest BCUT2D eigenvalue weighted by atomic mass is 9.98. The van der Waals surface area contributed by atoms with Crippen molar-refractivity contribution in [3.8, 4) is 0 Å². The van der Waals surface area contributed by atoms with Crippen LogP contribution in [0.15, 0.2) is 18.2 Å². The standard InChI is InChI=1S/C15H21FN2O/c1-11-9-12(16)5-6-13(11)14(19)18-8-7-17(4)15(2,3)10-18/h5-6,9H,7-8,10H2,1-4H3. The zero-order chi connectivity index (χ0) is 14.2. The minimum atomic E-state index is -0.298. The van der Waals surface area contributed by atoms with E-state index in [0.29, 0.717) is 17.7 Å². The Morgan fingerprint density at radius 3 is 2.58 bits per heavy atom. The molecule has 0 aliphatic carbocycles. The van der Waals surface area contributed by atoms with Gasteiger partial charge in [-0.15, -0.1) is 0 Å². The molecule has 0 unspecified atom stereocenters. The maximum atomic E-state index is 13.1. The van der Waals surface area contributed by atoms with Gasteiger partial charge in [0.1, 0.15) is 5.82 Å². The number of benzene rings is 1. The molecule has 0 saturated carbocycles. The first kappa shape index (κ1) is 14.0. The molecule has 1 amide bonds. The molecule has 1 aliphatic rings. The van der Waals surface area contributed by atoms with Gasteiger partial charge < -0.3 is 4.90 Å². The van der Waals surface area contributed by atoms with E-state index in [1.807, 2.05) is 4.90 Å². The summed E-state index contributed by atoms with van der Waals surface area (Å²) >= 11 is 0. The van der Waals surface area contributed by atoms with E-state index in [9.17, 15) is 9.18 Å². The molecule has 104 valence electrons. The molecule has 3 nitrogen and oxygen atoms in total. The lowest BCUT2D eigenvalue weighted by molar-refractivity contribution is 0.0311. The van der Waals surface area contributed by atoms with Crippen LogP contribution in [-0.2, 0) is 0 Å². The zero-order valence-electron chi connectivity index (χ0n) is 12.0. The Bertz CT molecular complexity index is 499. The van der Waals surface area contributed by atoms with Gasteiger partial charge in [-0.2, -0.15) is 0 Å². The summed E-state index contributed by atoms with van der Waals surface area (Å²) in [6.45, 7) is 8.30. The molecule has 4 heteroatoms. The fourth-order valence-corrected chi connectivity index (χ4v) is 2.45. The van der Waals surface area contributed by atoms with E-state index < -0.39 is 0 Å². The number of carbonyl (C=O) groups excluding carboxylic acids is 1. The molecule has 0 N–H and O–H groups in total. The third-order valence-electron chi connectivity index (χ3n) is 4.02. The van der Waals surface area contributed by atoms with Gasteiger partial charge in [0, 0.05) is 30.7 Å². The fraction of sp³-hybridized carbons (Fsp3) is 0.533. The van der Waals surface area contributed by atoms with Crippen molar-refractivity contribution in [1.29, 1.82) is 0 Å². The summed E-state index contributed by atoms with van der Waals surface area (Å²) in [5, 5.41) is 0. The number of halogens is 1. The van der Waals surface area contributed by atoms with Crippen LogP contribution < -0.4 is 0 Å². The largest absolute Gasteiger partial charge is 0.336 e. The van der Waals surface area contributed by atoms with Crippen LogP contribution in [0.2, 0.25) is 0 Å². The summed E-state index contributed by atoms with van der Waals surface area (Å²) in [5.41, 5.74) is 1.27. The number of aryl methyl sites for hydroxylation is 1. The van der Waals surface area contributed by atoms with Crippen molar-refractivity contribution >= 4 is 5.91 Å². The first-order chi connectivity index (χ1) is 8.81. The summed E-state index contributed by atoms with van der Waals surface area (Å²) in [6, 6.07) is 4.34. The van der Waals surface area contributed by atoms with Gasteiger partial charge in [-0.05, 0) is 51.6 Å². The molecular formula is C15H21FN2O. The average molecular weight is 264 g/mol. The van der Waals surface area contributed by atoms with Crippen molar-refractivity contribution in [2.45, 2.75) is 26.3 Å².